The third-order valence-corrected chi connectivity index (χ3v) is 10.4. The second-order valence-electron chi connectivity index (χ2n) is 14.2. The second kappa shape index (κ2) is 37.9. The van der Waals surface area contributed by atoms with Crippen LogP contribution in [0.2, 0.25) is 0 Å². The number of hydrogen-bond donors (Lipinski definition) is 3. The van der Waals surface area contributed by atoms with Crippen molar-refractivity contribution in [2.75, 3.05) is 31.8 Å². The third-order valence-electron chi connectivity index (χ3n) is 9.40. The Morgan fingerprint density at radius 1 is 0.569 bits per heavy atom. The topological polar surface area (TPSA) is 131 Å². The van der Waals surface area contributed by atoms with E-state index in [1.807, 2.05) is 0 Å². The molecule has 0 heterocycles. The summed E-state index contributed by atoms with van der Waals surface area (Å²) in [5.74, 6) is -1.03. The van der Waals surface area contributed by atoms with Crippen molar-refractivity contribution in [3.05, 3.63) is 0 Å². The van der Waals surface area contributed by atoms with Crippen LogP contribution < -0.4 is 10.6 Å². The molecular formula is C41H78N2O7S. The van der Waals surface area contributed by atoms with Crippen molar-refractivity contribution in [1.29, 1.82) is 0 Å². The van der Waals surface area contributed by atoms with Gasteiger partial charge in [-0.15, -0.1) is 0 Å². The average molecular weight is 743 g/mol. The molecule has 10 heteroatoms. The lowest BCUT2D eigenvalue weighted by atomic mass is 10.0. The summed E-state index contributed by atoms with van der Waals surface area (Å²) in [6, 6.07) is -2.11. The van der Waals surface area contributed by atoms with Crippen LogP contribution in [0.15, 0.2) is 0 Å². The van der Waals surface area contributed by atoms with Crippen molar-refractivity contribution < 1.29 is 33.8 Å². The Labute approximate surface area is 316 Å². The van der Waals surface area contributed by atoms with Crippen LogP contribution >= 0.6 is 11.8 Å². The molecule has 2 amide bonds. The lowest BCUT2D eigenvalue weighted by molar-refractivity contribution is -0.146. The summed E-state index contributed by atoms with van der Waals surface area (Å²) in [5.41, 5.74) is 0. The summed E-state index contributed by atoms with van der Waals surface area (Å²) in [4.78, 5) is 49.8. The third kappa shape index (κ3) is 32.6. The van der Waals surface area contributed by atoms with E-state index < -0.39 is 30.6 Å². The van der Waals surface area contributed by atoms with E-state index >= 15 is 0 Å². The quantitative estimate of drug-likeness (QED) is 0.0422. The molecule has 0 aliphatic rings. The van der Waals surface area contributed by atoms with Crippen LogP contribution in [0.5, 0.6) is 0 Å². The van der Waals surface area contributed by atoms with Crippen molar-refractivity contribution in [1.82, 2.24) is 10.6 Å². The fourth-order valence-electron chi connectivity index (χ4n) is 6.12. The molecule has 51 heavy (non-hydrogen) atoms. The summed E-state index contributed by atoms with van der Waals surface area (Å²) in [6.45, 7) is 4.12. The predicted octanol–water partition coefficient (Wildman–Crippen LogP) is 9.36. The number of hydrogen-bond acceptors (Lipinski definition) is 8. The number of aliphatic hydroxyl groups excluding tert-OH is 1. The van der Waals surface area contributed by atoms with E-state index in [9.17, 15) is 24.3 Å². The molecule has 0 radical (unpaired) electrons. The van der Waals surface area contributed by atoms with Crippen LogP contribution in [0.3, 0.4) is 0 Å². The average Bonchev–Trinajstić information content (AvgIpc) is 3.13. The van der Waals surface area contributed by atoms with Gasteiger partial charge >= 0.3 is 11.9 Å². The normalized spacial score (nSPS) is 12.3. The molecular weight excluding hydrogens is 665 g/mol. The highest BCUT2D eigenvalue weighted by molar-refractivity contribution is 7.99. The second-order valence-corrected chi connectivity index (χ2v) is 15.3. The van der Waals surface area contributed by atoms with Gasteiger partial charge in [-0.2, -0.15) is 11.8 Å². The maximum absolute atomic E-state index is 13.0. The predicted molar refractivity (Wildman–Crippen MR) is 212 cm³/mol. The van der Waals surface area contributed by atoms with Crippen molar-refractivity contribution in [2.45, 2.75) is 206 Å². The van der Waals surface area contributed by atoms with Crippen LogP contribution in [-0.4, -0.2) is 72.8 Å². The van der Waals surface area contributed by atoms with Gasteiger partial charge in [-0.3, -0.25) is 14.4 Å². The highest BCUT2D eigenvalue weighted by Crippen LogP contribution is 2.15. The summed E-state index contributed by atoms with van der Waals surface area (Å²) in [6.07, 6.45) is 32.9. The number of amides is 2. The van der Waals surface area contributed by atoms with Crippen molar-refractivity contribution in [3.8, 4) is 0 Å². The largest absolute Gasteiger partial charge is 0.467 e. The number of rotatable bonds is 38. The lowest BCUT2D eigenvalue weighted by Gasteiger charge is -2.21. The van der Waals surface area contributed by atoms with Gasteiger partial charge in [0.2, 0.25) is 11.8 Å². The zero-order valence-corrected chi connectivity index (χ0v) is 33.9. The highest BCUT2D eigenvalue weighted by Gasteiger charge is 2.27. The Balaban J connectivity index is 4.24. The molecule has 9 nitrogen and oxygen atoms in total. The number of ether oxygens (including phenoxy) is 2. The zero-order valence-electron chi connectivity index (χ0n) is 33.1. The van der Waals surface area contributed by atoms with Crippen LogP contribution in [0, 0.1) is 0 Å². The zero-order chi connectivity index (χ0) is 37.6. The van der Waals surface area contributed by atoms with E-state index in [1.54, 1.807) is 0 Å². The van der Waals surface area contributed by atoms with E-state index in [0.717, 1.165) is 38.5 Å². The maximum atomic E-state index is 13.0. The summed E-state index contributed by atoms with van der Waals surface area (Å²) in [7, 11) is 1.18. The maximum Gasteiger partial charge on any atom is 0.330 e. The molecule has 0 aromatic rings. The number of esters is 2. The number of methoxy groups -OCH3 is 1. The fourth-order valence-corrected chi connectivity index (χ4v) is 6.96. The minimum atomic E-state index is -1.21. The number of nitrogens with one attached hydrogen (secondary N) is 2. The molecule has 0 bridgehead atoms. The number of carbonyl (C=O) groups is 4. The fraction of sp³-hybridized carbons (Fsp3) is 0.902. The van der Waals surface area contributed by atoms with E-state index in [0.29, 0.717) is 18.6 Å². The molecule has 0 aliphatic carbocycles. The molecule has 300 valence electrons. The molecule has 0 aromatic carbocycles. The Hall–Kier alpha value is -1.81. The van der Waals surface area contributed by atoms with E-state index in [1.165, 1.54) is 147 Å². The molecule has 0 fully saturated rings. The van der Waals surface area contributed by atoms with E-state index in [4.69, 9.17) is 4.74 Å². The minimum Gasteiger partial charge on any atom is -0.467 e. The molecule has 2 atom stereocenters. The molecule has 0 unspecified atom stereocenters. The standard InChI is InChI=1S/C41H78N2O7S/c1-4-6-8-10-12-14-16-18-20-22-24-26-28-30-38(45)42-37(40(47)43-36(34-44)41(48)49-3)35-51-33-32-50-39(46)31-29-27-25-23-21-19-17-15-13-11-9-7-5-2/h36-37,44H,4-35H2,1-3H3,(H,42,45)(H,43,47)/t36-,37+/m0/s1. The Morgan fingerprint density at radius 2 is 0.980 bits per heavy atom. The van der Waals surface area contributed by atoms with Crippen LogP contribution in [0.4, 0.5) is 0 Å². The van der Waals surface area contributed by atoms with Gasteiger partial charge in [0.1, 0.15) is 12.6 Å². The van der Waals surface area contributed by atoms with Gasteiger partial charge in [-0.1, -0.05) is 168 Å². The number of thioether (sulfide) groups is 1. The monoisotopic (exact) mass is 743 g/mol. The first-order chi connectivity index (χ1) is 24.9. The first-order valence-electron chi connectivity index (χ1n) is 20.9. The van der Waals surface area contributed by atoms with Crippen molar-refractivity contribution in [3.63, 3.8) is 0 Å². The van der Waals surface area contributed by atoms with Gasteiger partial charge in [0.15, 0.2) is 6.04 Å². The first kappa shape index (κ1) is 49.2. The van der Waals surface area contributed by atoms with Crippen LogP contribution in [-0.2, 0) is 28.7 Å². The lowest BCUT2D eigenvalue weighted by Crippen LogP contribution is -2.54. The number of carbonyl (C=O) groups excluding carboxylic acids is 4. The molecule has 0 saturated carbocycles. The van der Waals surface area contributed by atoms with Crippen molar-refractivity contribution >= 4 is 35.5 Å². The van der Waals surface area contributed by atoms with Crippen LogP contribution in [0.25, 0.3) is 0 Å². The van der Waals surface area contributed by atoms with E-state index in [2.05, 4.69) is 29.2 Å². The Morgan fingerprint density at radius 3 is 1.39 bits per heavy atom. The molecule has 0 rings (SSSR count). The molecule has 0 aliphatic heterocycles. The highest BCUT2D eigenvalue weighted by atomic mass is 32.2. The number of unbranched alkanes of at least 4 members (excludes halogenated alkanes) is 24. The van der Waals surface area contributed by atoms with Gasteiger partial charge in [0.05, 0.1) is 13.7 Å². The minimum absolute atomic E-state index is 0.206. The SMILES string of the molecule is CCCCCCCCCCCCCCCC(=O)N[C@H](CSCCOC(=O)CCCCCCCCCCCCCCC)C(=O)N[C@@H](CO)C(=O)OC. The summed E-state index contributed by atoms with van der Waals surface area (Å²) >= 11 is 1.39. The van der Waals surface area contributed by atoms with Gasteiger partial charge in [-0.05, 0) is 12.8 Å². The molecule has 0 saturated heterocycles. The Bertz CT molecular complexity index is 845. The molecule has 0 spiro atoms. The van der Waals surface area contributed by atoms with Gasteiger partial charge in [-0.25, -0.2) is 4.79 Å². The smallest absolute Gasteiger partial charge is 0.330 e. The first-order valence-corrected chi connectivity index (χ1v) is 22.1. The van der Waals surface area contributed by atoms with Gasteiger partial charge in [0.25, 0.3) is 0 Å². The summed E-state index contributed by atoms with van der Waals surface area (Å²) in [5, 5.41) is 14.8. The van der Waals surface area contributed by atoms with E-state index in [-0.39, 0.29) is 24.2 Å². The molecule has 0 aromatic heterocycles. The number of aliphatic hydroxyl groups is 1. The molecule has 3 N–H and O–H groups in total. The van der Waals surface area contributed by atoms with Crippen LogP contribution in [0.1, 0.15) is 194 Å². The van der Waals surface area contributed by atoms with Gasteiger partial charge < -0.3 is 25.2 Å². The van der Waals surface area contributed by atoms with Crippen molar-refractivity contribution in [2.24, 2.45) is 0 Å². The summed E-state index contributed by atoms with van der Waals surface area (Å²) < 4.78 is 10.0. The Kier molecular flexibility index (Phi) is 36.6. The van der Waals surface area contributed by atoms with Gasteiger partial charge in [0, 0.05) is 24.3 Å².